The molecule has 1 aromatic heterocycles. The van der Waals surface area contributed by atoms with Gasteiger partial charge < -0.3 is 5.11 Å². The van der Waals surface area contributed by atoms with E-state index in [0.29, 0.717) is 5.56 Å². The second-order valence-corrected chi connectivity index (χ2v) is 7.49. The van der Waals surface area contributed by atoms with Crippen molar-refractivity contribution in [3.8, 4) is 0 Å². The van der Waals surface area contributed by atoms with E-state index in [0.717, 1.165) is 22.6 Å². The van der Waals surface area contributed by atoms with Crippen molar-refractivity contribution in [1.82, 2.24) is 4.72 Å². The highest BCUT2D eigenvalue weighted by Gasteiger charge is 2.27. The average molecular weight is 325 g/mol. The normalized spacial score (nSPS) is 13.0. The Morgan fingerprint density at radius 1 is 1.24 bits per heavy atom. The van der Waals surface area contributed by atoms with Gasteiger partial charge in [-0.25, -0.2) is 8.42 Å². The largest absolute Gasteiger partial charge is 0.480 e. The summed E-state index contributed by atoms with van der Waals surface area (Å²) in [5.41, 5.74) is 0.390. The number of aryl methyl sites for hydroxylation is 1. The quantitative estimate of drug-likeness (QED) is 0.854. The second kappa shape index (κ2) is 6.38. The first-order chi connectivity index (χ1) is 9.94. The van der Waals surface area contributed by atoms with Gasteiger partial charge in [0.05, 0.1) is 0 Å². The van der Waals surface area contributed by atoms with Gasteiger partial charge in [0.15, 0.2) is 0 Å². The first-order valence-corrected chi connectivity index (χ1v) is 8.63. The number of hydrogen-bond donors (Lipinski definition) is 2. The van der Waals surface area contributed by atoms with Crippen LogP contribution >= 0.6 is 11.3 Å². The first kappa shape index (κ1) is 15.7. The van der Waals surface area contributed by atoms with Crippen LogP contribution in [0, 0.1) is 0 Å². The lowest BCUT2D eigenvalue weighted by molar-refractivity contribution is -0.139. The molecular formula is C14H15NO4S2. The van der Waals surface area contributed by atoms with Crippen LogP contribution in [0.3, 0.4) is 0 Å². The predicted molar refractivity (Wildman–Crippen MR) is 80.8 cm³/mol. The van der Waals surface area contributed by atoms with E-state index in [1.54, 1.807) is 36.4 Å². The van der Waals surface area contributed by atoms with Gasteiger partial charge in [-0.15, -0.1) is 11.3 Å². The summed E-state index contributed by atoms with van der Waals surface area (Å²) < 4.78 is 26.9. The number of sulfonamides is 1. The molecule has 0 radical (unpaired) electrons. The number of benzene rings is 1. The van der Waals surface area contributed by atoms with Gasteiger partial charge in [0.25, 0.3) is 10.0 Å². The van der Waals surface area contributed by atoms with E-state index in [1.165, 1.54) is 6.07 Å². The molecule has 21 heavy (non-hydrogen) atoms. The van der Waals surface area contributed by atoms with E-state index in [1.807, 2.05) is 6.92 Å². The fourth-order valence-electron chi connectivity index (χ4n) is 1.81. The van der Waals surface area contributed by atoms with Gasteiger partial charge in [-0.1, -0.05) is 37.3 Å². The van der Waals surface area contributed by atoms with Crippen molar-refractivity contribution in [2.24, 2.45) is 0 Å². The van der Waals surface area contributed by atoms with E-state index >= 15 is 0 Å². The highest BCUT2D eigenvalue weighted by molar-refractivity contribution is 7.91. The van der Waals surface area contributed by atoms with E-state index < -0.39 is 22.0 Å². The van der Waals surface area contributed by atoms with Crippen molar-refractivity contribution in [2.75, 3.05) is 0 Å². The van der Waals surface area contributed by atoms with Crippen molar-refractivity contribution in [2.45, 2.75) is 23.6 Å². The fourth-order valence-corrected chi connectivity index (χ4v) is 4.30. The van der Waals surface area contributed by atoms with Crippen LogP contribution in [0.1, 0.15) is 23.4 Å². The number of thiophene rings is 1. The van der Waals surface area contributed by atoms with Crippen molar-refractivity contribution < 1.29 is 18.3 Å². The molecule has 0 aliphatic heterocycles. The van der Waals surface area contributed by atoms with E-state index in [2.05, 4.69) is 4.72 Å². The third-order valence-electron chi connectivity index (χ3n) is 2.90. The molecule has 0 spiro atoms. The summed E-state index contributed by atoms with van der Waals surface area (Å²) in [6, 6.07) is 10.2. The minimum absolute atomic E-state index is 0.126. The predicted octanol–water partition coefficient (Wildman–Crippen LogP) is 2.41. The second-order valence-electron chi connectivity index (χ2n) is 4.38. The monoisotopic (exact) mass is 325 g/mol. The molecular weight excluding hydrogens is 310 g/mol. The van der Waals surface area contributed by atoms with Gasteiger partial charge >= 0.3 is 5.97 Å². The Balaban J connectivity index is 2.30. The highest BCUT2D eigenvalue weighted by Crippen LogP contribution is 2.24. The van der Waals surface area contributed by atoms with Gasteiger partial charge in [-0.05, 0) is 24.1 Å². The molecule has 0 saturated heterocycles. The van der Waals surface area contributed by atoms with Crippen molar-refractivity contribution in [3.63, 3.8) is 0 Å². The van der Waals surface area contributed by atoms with E-state index in [-0.39, 0.29) is 4.21 Å². The lowest BCUT2D eigenvalue weighted by Gasteiger charge is -2.14. The van der Waals surface area contributed by atoms with E-state index in [9.17, 15) is 18.3 Å². The number of carboxylic acid groups (broad SMARTS) is 1. The van der Waals surface area contributed by atoms with Crippen LogP contribution in [-0.4, -0.2) is 19.5 Å². The number of aliphatic carboxylic acids is 1. The summed E-state index contributed by atoms with van der Waals surface area (Å²) in [4.78, 5) is 12.3. The Kier molecular flexibility index (Phi) is 4.76. The highest BCUT2D eigenvalue weighted by atomic mass is 32.2. The van der Waals surface area contributed by atoms with Crippen LogP contribution in [0.2, 0.25) is 0 Å². The standard InChI is InChI=1S/C14H15NO4S2/c1-2-11-8-9-12(20-11)21(18,19)15-13(14(16)17)10-6-4-3-5-7-10/h3-9,13,15H,2H2,1H3,(H,16,17). The van der Waals surface area contributed by atoms with Gasteiger partial charge in [-0.3, -0.25) is 4.79 Å². The fraction of sp³-hybridized carbons (Fsp3) is 0.214. The molecule has 2 N–H and O–H groups in total. The molecule has 1 atom stereocenters. The number of nitrogens with one attached hydrogen (secondary N) is 1. The summed E-state index contributed by atoms with van der Waals surface area (Å²) in [7, 11) is -3.85. The molecule has 7 heteroatoms. The van der Waals surface area contributed by atoms with Crippen LogP contribution in [-0.2, 0) is 21.2 Å². The topological polar surface area (TPSA) is 83.5 Å². The maximum Gasteiger partial charge on any atom is 0.326 e. The Bertz CT molecular complexity index is 722. The summed E-state index contributed by atoms with van der Waals surface area (Å²) in [6.45, 7) is 1.93. The van der Waals surface area contributed by atoms with Gasteiger partial charge in [0.1, 0.15) is 10.3 Å². The molecule has 0 fully saturated rings. The third-order valence-corrected chi connectivity index (χ3v) is 6.05. The smallest absolute Gasteiger partial charge is 0.326 e. The third kappa shape index (κ3) is 3.69. The summed E-state index contributed by atoms with van der Waals surface area (Å²) in [5.74, 6) is -1.24. The first-order valence-electron chi connectivity index (χ1n) is 6.33. The van der Waals surface area contributed by atoms with Crippen LogP contribution in [0.25, 0.3) is 0 Å². The zero-order valence-corrected chi connectivity index (χ0v) is 12.9. The summed E-state index contributed by atoms with van der Waals surface area (Å²) >= 11 is 1.15. The van der Waals surface area contributed by atoms with E-state index in [4.69, 9.17) is 0 Å². The number of hydrogen-bond acceptors (Lipinski definition) is 4. The van der Waals surface area contributed by atoms with Crippen molar-refractivity contribution >= 4 is 27.3 Å². The molecule has 112 valence electrons. The molecule has 5 nitrogen and oxygen atoms in total. The Hall–Kier alpha value is -1.70. The van der Waals surface area contributed by atoms with Gasteiger partial charge in [0, 0.05) is 4.88 Å². The molecule has 1 aromatic carbocycles. The number of carbonyl (C=O) groups is 1. The van der Waals surface area contributed by atoms with Crippen LogP contribution in [0.5, 0.6) is 0 Å². The zero-order chi connectivity index (χ0) is 15.5. The molecule has 1 heterocycles. The SMILES string of the molecule is CCc1ccc(S(=O)(=O)NC(C(=O)O)c2ccccc2)s1. The maximum atomic E-state index is 12.3. The Labute approximate surface area is 127 Å². The molecule has 2 aromatic rings. The zero-order valence-electron chi connectivity index (χ0n) is 11.3. The minimum atomic E-state index is -3.85. The molecule has 0 aliphatic rings. The lowest BCUT2D eigenvalue weighted by atomic mass is 10.1. The lowest BCUT2D eigenvalue weighted by Crippen LogP contribution is -2.33. The average Bonchev–Trinajstić information content (AvgIpc) is 2.95. The summed E-state index contributed by atoms with van der Waals surface area (Å²) in [6.07, 6.45) is 0.737. The molecule has 0 saturated carbocycles. The van der Waals surface area contributed by atoms with Crippen molar-refractivity contribution in [3.05, 3.63) is 52.9 Å². The van der Waals surface area contributed by atoms with Crippen LogP contribution in [0.4, 0.5) is 0 Å². The molecule has 0 bridgehead atoms. The van der Waals surface area contributed by atoms with Gasteiger partial charge in [0.2, 0.25) is 0 Å². The molecule has 0 amide bonds. The van der Waals surface area contributed by atoms with Gasteiger partial charge in [-0.2, -0.15) is 4.72 Å². The minimum Gasteiger partial charge on any atom is -0.480 e. The maximum absolute atomic E-state index is 12.3. The van der Waals surface area contributed by atoms with Crippen LogP contribution in [0.15, 0.2) is 46.7 Å². The summed E-state index contributed by atoms with van der Waals surface area (Å²) in [5, 5.41) is 9.26. The Morgan fingerprint density at radius 3 is 2.43 bits per heavy atom. The van der Waals surface area contributed by atoms with Crippen molar-refractivity contribution in [1.29, 1.82) is 0 Å². The molecule has 0 aliphatic carbocycles. The number of rotatable bonds is 6. The van der Waals surface area contributed by atoms with Crippen LogP contribution < -0.4 is 4.72 Å². The molecule has 1 unspecified atom stereocenters. The molecule has 2 rings (SSSR count). The Morgan fingerprint density at radius 2 is 1.90 bits per heavy atom. The number of carboxylic acids is 1.